The van der Waals surface area contributed by atoms with Crippen LogP contribution < -0.4 is 0 Å². The Labute approximate surface area is 208 Å². The highest BCUT2D eigenvalue weighted by Crippen LogP contribution is 2.53. The van der Waals surface area contributed by atoms with Crippen LogP contribution in [0.5, 0.6) is 0 Å². The van der Waals surface area contributed by atoms with Crippen molar-refractivity contribution in [3.63, 3.8) is 0 Å². The van der Waals surface area contributed by atoms with E-state index in [2.05, 4.69) is 122 Å². The summed E-state index contributed by atoms with van der Waals surface area (Å²) in [7, 11) is 0. The Morgan fingerprint density at radius 2 is 1.03 bits per heavy atom. The van der Waals surface area contributed by atoms with Crippen molar-refractivity contribution in [2.24, 2.45) is 0 Å². The quantitative estimate of drug-likeness (QED) is 0.237. The number of hydrogen-bond donors (Lipinski definition) is 0. The van der Waals surface area contributed by atoms with Gasteiger partial charge < -0.3 is 0 Å². The van der Waals surface area contributed by atoms with E-state index in [0.717, 1.165) is 12.8 Å². The molecule has 1 aliphatic rings. The Morgan fingerprint density at radius 3 is 1.63 bits per heavy atom. The molecule has 1 aliphatic carbocycles. The Morgan fingerprint density at radius 1 is 0.514 bits per heavy atom. The van der Waals surface area contributed by atoms with Crippen LogP contribution in [0.1, 0.15) is 36.5 Å². The van der Waals surface area contributed by atoms with Gasteiger partial charge in [0.2, 0.25) is 0 Å². The van der Waals surface area contributed by atoms with Crippen molar-refractivity contribution in [1.29, 1.82) is 0 Å². The van der Waals surface area contributed by atoms with Crippen molar-refractivity contribution in [2.75, 3.05) is 0 Å². The summed E-state index contributed by atoms with van der Waals surface area (Å²) in [5.74, 6) is 0. The first-order chi connectivity index (χ1) is 17.4. The summed E-state index contributed by atoms with van der Waals surface area (Å²) in [6.07, 6.45) is 4.45. The number of fused-ring (bicyclic) bond motifs is 3. The average Bonchev–Trinajstić information content (AvgIpc) is 3.32. The molecule has 35 heavy (non-hydrogen) atoms. The molecule has 5 aromatic carbocycles. The molecule has 0 saturated heterocycles. The van der Waals surface area contributed by atoms with E-state index in [0.29, 0.717) is 0 Å². The Balaban J connectivity index is 1.82. The molecule has 0 N–H and O–H groups in total. The lowest BCUT2D eigenvalue weighted by Gasteiger charge is -2.25. The lowest BCUT2D eigenvalue weighted by atomic mass is 9.78. The predicted octanol–water partition coefficient (Wildman–Crippen LogP) is 9.60. The minimum atomic E-state index is 0.990. The van der Waals surface area contributed by atoms with E-state index in [-0.39, 0.29) is 0 Å². The average molecular weight is 451 g/mol. The van der Waals surface area contributed by atoms with Gasteiger partial charge in [-0.3, -0.25) is 0 Å². The van der Waals surface area contributed by atoms with Crippen molar-refractivity contribution < 1.29 is 0 Å². The predicted molar refractivity (Wildman–Crippen MR) is 150 cm³/mol. The molecule has 0 radical (unpaired) electrons. The summed E-state index contributed by atoms with van der Waals surface area (Å²) in [5.41, 5.74) is 15.4. The third kappa shape index (κ3) is 3.80. The lowest BCUT2D eigenvalue weighted by Crippen LogP contribution is -2.03. The minimum absolute atomic E-state index is 0.990. The SMILES string of the molecule is CCCCc1c2c(c(-c3ccccc3)c(-c3ccccc3)c1-c1ccccc1)Cc1ccccc1-2. The van der Waals surface area contributed by atoms with Crippen molar-refractivity contribution in [2.45, 2.75) is 32.6 Å². The van der Waals surface area contributed by atoms with Gasteiger partial charge in [0.05, 0.1) is 0 Å². The van der Waals surface area contributed by atoms with Crippen LogP contribution >= 0.6 is 0 Å². The summed E-state index contributed by atoms with van der Waals surface area (Å²) < 4.78 is 0. The summed E-state index contributed by atoms with van der Waals surface area (Å²) in [5, 5.41) is 0. The fraction of sp³-hybridized carbons (Fsp3) is 0.143. The summed E-state index contributed by atoms with van der Waals surface area (Å²) in [4.78, 5) is 0. The van der Waals surface area contributed by atoms with E-state index in [4.69, 9.17) is 0 Å². The molecule has 170 valence electrons. The topological polar surface area (TPSA) is 0 Å². The highest BCUT2D eigenvalue weighted by Gasteiger charge is 2.31. The second-order valence-corrected chi connectivity index (χ2v) is 9.49. The van der Waals surface area contributed by atoms with Crippen LogP contribution in [-0.4, -0.2) is 0 Å². The fourth-order valence-electron chi connectivity index (χ4n) is 5.81. The molecule has 5 aromatic rings. The monoisotopic (exact) mass is 450 g/mol. The fourth-order valence-corrected chi connectivity index (χ4v) is 5.81. The van der Waals surface area contributed by atoms with Gasteiger partial charge in [-0.2, -0.15) is 0 Å². The summed E-state index contributed by atoms with van der Waals surface area (Å²) >= 11 is 0. The second kappa shape index (κ2) is 9.39. The standard InChI is InChI=1S/C35H30/c1-2-3-22-30-32(25-15-7-4-8-16-25)34(27-19-11-6-12-20-27)33(26-17-9-5-10-18-26)31-24-28-21-13-14-23-29(28)35(30)31/h4-21,23H,2-3,22,24H2,1H3. The number of hydrogen-bond acceptors (Lipinski definition) is 0. The smallest absolute Gasteiger partial charge is 0.000695 e. The van der Waals surface area contributed by atoms with Crippen LogP contribution in [0.3, 0.4) is 0 Å². The van der Waals surface area contributed by atoms with Crippen LogP contribution in [0.15, 0.2) is 115 Å². The molecule has 0 atom stereocenters. The first kappa shape index (κ1) is 21.6. The molecule has 0 aliphatic heterocycles. The Hall–Kier alpha value is -3.90. The zero-order valence-corrected chi connectivity index (χ0v) is 20.3. The molecule has 0 spiro atoms. The first-order valence-electron chi connectivity index (χ1n) is 12.8. The lowest BCUT2D eigenvalue weighted by molar-refractivity contribution is 0.797. The molecule has 6 rings (SSSR count). The number of unbranched alkanes of at least 4 members (excludes halogenated alkanes) is 1. The van der Waals surface area contributed by atoms with Gasteiger partial charge in [-0.25, -0.2) is 0 Å². The molecular weight excluding hydrogens is 420 g/mol. The molecule has 0 amide bonds. The molecular formula is C35H30. The van der Waals surface area contributed by atoms with Gasteiger partial charge >= 0.3 is 0 Å². The van der Waals surface area contributed by atoms with E-state index in [1.807, 2.05) is 0 Å². The van der Waals surface area contributed by atoms with Gasteiger partial charge in [0.1, 0.15) is 0 Å². The van der Waals surface area contributed by atoms with Crippen molar-refractivity contribution in [3.8, 4) is 44.5 Å². The normalized spacial score (nSPS) is 11.8. The molecule has 0 heterocycles. The van der Waals surface area contributed by atoms with Crippen LogP contribution in [0.2, 0.25) is 0 Å². The van der Waals surface area contributed by atoms with Crippen LogP contribution in [-0.2, 0) is 12.8 Å². The first-order valence-corrected chi connectivity index (χ1v) is 12.8. The van der Waals surface area contributed by atoms with Gasteiger partial charge in [-0.1, -0.05) is 129 Å². The summed E-state index contributed by atoms with van der Waals surface area (Å²) in [6.45, 7) is 2.30. The molecule has 0 aromatic heterocycles. The van der Waals surface area contributed by atoms with E-state index in [9.17, 15) is 0 Å². The number of benzene rings is 5. The zero-order chi connectivity index (χ0) is 23.6. The van der Waals surface area contributed by atoms with Crippen molar-refractivity contribution in [1.82, 2.24) is 0 Å². The maximum Gasteiger partial charge on any atom is -0.000695 e. The van der Waals surface area contributed by atoms with E-state index >= 15 is 0 Å². The molecule has 0 saturated carbocycles. The molecule has 0 bridgehead atoms. The van der Waals surface area contributed by atoms with Gasteiger partial charge in [-0.05, 0) is 80.5 Å². The molecule has 0 nitrogen and oxygen atoms in total. The van der Waals surface area contributed by atoms with Gasteiger partial charge in [0.25, 0.3) is 0 Å². The largest absolute Gasteiger partial charge is 0.0654 e. The van der Waals surface area contributed by atoms with Crippen molar-refractivity contribution in [3.05, 3.63) is 132 Å². The van der Waals surface area contributed by atoms with E-state index < -0.39 is 0 Å². The zero-order valence-electron chi connectivity index (χ0n) is 20.3. The third-order valence-corrected chi connectivity index (χ3v) is 7.33. The van der Waals surface area contributed by atoms with Gasteiger partial charge in [0, 0.05) is 0 Å². The minimum Gasteiger partial charge on any atom is -0.0654 e. The van der Waals surface area contributed by atoms with Gasteiger partial charge in [0.15, 0.2) is 0 Å². The maximum absolute atomic E-state index is 2.34. The van der Waals surface area contributed by atoms with Crippen LogP contribution in [0.4, 0.5) is 0 Å². The summed E-state index contributed by atoms with van der Waals surface area (Å²) in [6, 6.07) is 42.2. The van der Waals surface area contributed by atoms with Crippen LogP contribution in [0, 0.1) is 0 Å². The molecule has 0 fully saturated rings. The van der Waals surface area contributed by atoms with E-state index in [1.54, 1.807) is 0 Å². The van der Waals surface area contributed by atoms with Crippen LogP contribution in [0.25, 0.3) is 44.5 Å². The van der Waals surface area contributed by atoms with Gasteiger partial charge in [-0.15, -0.1) is 0 Å². The Kier molecular flexibility index (Phi) is 5.80. The molecule has 0 heteroatoms. The second-order valence-electron chi connectivity index (χ2n) is 9.49. The maximum atomic E-state index is 2.34. The molecule has 0 unspecified atom stereocenters. The third-order valence-electron chi connectivity index (χ3n) is 7.33. The highest BCUT2D eigenvalue weighted by molar-refractivity contribution is 6.04. The van der Waals surface area contributed by atoms with Crippen molar-refractivity contribution >= 4 is 0 Å². The van der Waals surface area contributed by atoms with E-state index in [1.165, 1.54) is 74.0 Å². The highest BCUT2D eigenvalue weighted by atomic mass is 14.3. The number of rotatable bonds is 6. The Bertz CT molecular complexity index is 1460.